The molecular weight excluding hydrogens is 329 g/mol. The molecule has 0 radical (unpaired) electrons. The van der Waals surface area contributed by atoms with Crippen molar-refractivity contribution in [1.29, 1.82) is 0 Å². The summed E-state index contributed by atoms with van der Waals surface area (Å²) in [5.74, 6) is 2.42. The molecule has 5 heteroatoms. The molecule has 0 aliphatic carbocycles. The van der Waals surface area contributed by atoms with E-state index in [1.165, 1.54) is 6.07 Å². The summed E-state index contributed by atoms with van der Waals surface area (Å²) >= 11 is 0. The van der Waals surface area contributed by atoms with Gasteiger partial charge < -0.3 is 4.90 Å². The number of piperidine rings is 1. The Morgan fingerprint density at radius 2 is 2.04 bits per heavy atom. The maximum atomic E-state index is 14.2. The Balaban J connectivity index is 1.55. The van der Waals surface area contributed by atoms with Crippen LogP contribution in [0.1, 0.15) is 33.9 Å². The van der Waals surface area contributed by atoms with Crippen molar-refractivity contribution in [3.05, 3.63) is 71.0 Å². The van der Waals surface area contributed by atoms with E-state index in [9.17, 15) is 9.18 Å². The fourth-order valence-electron chi connectivity index (χ4n) is 3.95. The standard InChI is InChI=1S/C21H20FN3O/c1-2-14-6-5-7-15(12-14)21(26)25-11-10-19-17(13-25)20(24-23-19)16-8-3-4-9-18(16)22/h1,3-9,12,17,19-20,23-24H,10-11,13H2. The van der Waals surface area contributed by atoms with Gasteiger partial charge in [0.1, 0.15) is 5.82 Å². The number of amides is 1. The number of nitrogens with one attached hydrogen (secondary N) is 2. The van der Waals surface area contributed by atoms with Crippen LogP contribution in [0, 0.1) is 24.1 Å². The van der Waals surface area contributed by atoms with E-state index in [1.807, 2.05) is 17.0 Å². The van der Waals surface area contributed by atoms with E-state index in [2.05, 4.69) is 16.8 Å². The van der Waals surface area contributed by atoms with E-state index in [0.29, 0.717) is 29.8 Å². The third-order valence-electron chi connectivity index (χ3n) is 5.31. The Hall–Kier alpha value is -2.68. The van der Waals surface area contributed by atoms with Gasteiger partial charge >= 0.3 is 0 Å². The van der Waals surface area contributed by atoms with Crippen LogP contribution in [0.15, 0.2) is 48.5 Å². The van der Waals surface area contributed by atoms with Gasteiger partial charge in [0.15, 0.2) is 0 Å². The number of terminal acetylenes is 1. The molecule has 4 rings (SSSR count). The predicted octanol–water partition coefficient (Wildman–Crippen LogP) is 2.49. The van der Waals surface area contributed by atoms with Gasteiger partial charge in [0.2, 0.25) is 0 Å². The van der Waals surface area contributed by atoms with Crippen molar-refractivity contribution in [2.24, 2.45) is 5.92 Å². The largest absolute Gasteiger partial charge is 0.338 e. The van der Waals surface area contributed by atoms with E-state index >= 15 is 0 Å². The second-order valence-electron chi connectivity index (χ2n) is 6.82. The summed E-state index contributed by atoms with van der Waals surface area (Å²) < 4.78 is 14.2. The van der Waals surface area contributed by atoms with Gasteiger partial charge in [0, 0.05) is 41.7 Å². The first-order valence-corrected chi connectivity index (χ1v) is 8.79. The van der Waals surface area contributed by atoms with Gasteiger partial charge in [-0.2, -0.15) is 0 Å². The maximum absolute atomic E-state index is 14.2. The first kappa shape index (κ1) is 16.8. The molecule has 0 spiro atoms. The van der Waals surface area contributed by atoms with Crippen molar-refractivity contribution in [3.8, 4) is 12.3 Å². The molecule has 2 aromatic carbocycles. The van der Waals surface area contributed by atoms with E-state index in [4.69, 9.17) is 6.42 Å². The summed E-state index contributed by atoms with van der Waals surface area (Å²) in [4.78, 5) is 14.8. The van der Waals surface area contributed by atoms with E-state index < -0.39 is 0 Å². The minimum atomic E-state index is -0.224. The van der Waals surface area contributed by atoms with Crippen LogP contribution in [0.2, 0.25) is 0 Å². The fourth-order valence-corrected chi connectivity index (χ4v) is 3.95. The summed E-state index contributed by atoms with van der Waals surface area (Å²) in [6.07, 6.45) is 6.26. The molecule has 2 aliphatic rings. The SMILES string of the molecule is C#Cc1cccc(C(=O)N2CCC3NNC(c4ccccc4F)C3C2)c1. The zero-order valence-electron chi connectivity index (χ0n) is 14.3. The molecule has 4 nitrogen and oxygen atoms in total. The average molecular weight is 349 g/mol. The van der Waals surface area contributed by atoms with Gasteiger partial charge in [-0.3, -0.25) is 10.2 Å². The number of benzene rings is 2. The van der Waals surface area contributed by atoms with Crippen molar-refractivity contribution in [2.45, 2.75) is 18.5 Å². The van der Waals surface area contributed by atoms with Crippen molar-refractivity contribution in [3.63, 3.8) is 0 Å². The highest BCUT2D eigenvalue weighted by Gasteiger charge is 2.42. The lowest BCUT2D eigenvalue weighted by molar-refractivity contribution is 0.0652. The van der Waals surface area contributed by atoms with Gasteiger partial charge in [-0.1, -0.05) is 30.2 Å². The minimum absolute atomic E-state index is 0.0280. The highest BCUT2D eigenvalue weighted by Crippen LogP contribution is 2.35. The van der Waals surface area contributed by atoms with Gasteiger partial charge in [-0.25, -0.2) is 9.82 Å². The topological polar surface area (TPSA) is 44.4 Å². The number of likely N-dealkylation sites (tertiary alicyclic amines) is 1. The third-order valence-corrected chi connectivity index (χ3v) is 5.31. The fraction of sp³-hybridized carbons (Fsp3) is 0.286. The van der Waals surface area contributed by atoms with E-state index in [-0.39, 0.29) is 29.7 Å². The summed E-state index contributed by atoms with van der Waals surface area (Å²) in [5.41, 5.74) is 8.42. The number of hydrogen-bond donors (Lipinski definition) is 2. The lowest BCUT2D eigenvalue weighted by atomic mass is 9.84. The molecule has 2 saturated heterocycles. The Bertz CT molecular complexity index is 876. The van der Waals surface area contributed by atoms with Gasteiger partial charge in [0.05, 0.1) is 6.04 Å². The highest BCUT2D eigenvalue weighted by molar-refractivity contribution is 5.94. The number of halogens is 1. The quantitative estimate of drug-likeness (QED) is 0.819. The average Bonchev–Trinajstić information content (AvgIpc) is 3.11. The zero-order valence-corrected chi connectivity index (χ0v) is 14.3. The number of hydrogen-bond acceptors (Lipinski definition) is 3. The number of nitrogens with zero attached hydrogens (tertiary/aromatic N) is 1. The van der Waals surface area contributed by atoms with Crippen LogP contribution in [0.3, 0.4) is 0 Å². The molecule has 26 heavy (non-hydrogen) atoms. The molecule has 3 atom stereocenters. The van der Waals surface area contributed by atoms with Gasteiger partial charge in [-0.15, -0.1) is 6.42 Å². The molecule has 132 valence electrons. The highest BCUT2D eigenvalue weighted by atomic mass is 19.1. The molecule has 1 amide bonds. The molecule has 0 aromatic heterocycles. The first-order valence-electron chi connectivity index (χ1n) is 8.79. The molecule has 2 aliphatic heterocycles. The molecule has 0 saturated carbocycles. The summed E-state index contributed by atoms with van der Waals surface area (Å²) in [6, 6.07) is 14.0. The van der Waals surface area contributed by atoms with Crippen LogP contribution in [0.25, 0.3) is 0 Å². The summed E-state index contributed by atoms with van der Waals surface area (Å²) in [5, 5.41) is 0. The normalized spacial score (nSPS) is 24.8. The second kappa shape index (κ2) is 6.91. The first-order chi connectivity index (χ1) is 12.7. The monoisotopic (exact) mass is 349 g/mol. The minimum Gasteiger partial charge on any atom is -0.338 e. The van der Waals surface area contributed by atoms with Gasteiger partial charge in [0.25, 0.3) is 5.91 Å². The Kier molecular flexibility index (Phi) is 4.46. The molecular formula is C21H20FN3O. The lowest BCUT2D eigenvalue weighted by Gasteiger charge is -2.36. The molecule has 2 aromatic rings. The Morgan fingerprint density at radius 3 is 2.85 bits per heavy atom. The maximum Gasteiger partial charge on any atom is 0.253 e. The number of carbonyl (C=O) groups excluding carboxylic acids is 1. The van der Waals surface area contributed by atoms with Gasteiger partial charge in [-0.05, 0) is 30.7 Å². The molecule has 0 bridgehead atoms. The van der Waals surface area contributed by atoms with Crippen molar-refractivity contribution in [1.82, 2.24) is 15.8 Å². The van der Waals surface area contributed by atoms with Crippen LogP contribution >= 0.6 is 0 Å². The van der Waals surface area contributed by atoms with Crippen LogP contribution in [0.4, 0.5) is 4.39 Å². The Labute approximate surface area is 152 Å². The summed E-state index contributed by atoms with van der Waals surface area (Å²) in [7, 11) is 0. The zero-order chi connectivity index (χ0) is 18.1. The molecule has 2 heterocycles. The van der Waals surface area contributed by atoms with Crippen LogP contribution < -0.4 is 10.9 Å². The number of fused-ring (bicyclic) bond motifs is 1. The molecule has 2 N–H and O–H groups in total. The van der Waals surface area contributed by atoms with E-state index in [1.54, 1.807) is 30.3 Å². The second-order valence-corrected chi connectivity index (χ2v) is 6.82. The Morgan fingerprint density at radius 1 is 1.19 bits per heavy atom. The smallest absolute Gasteiger partial charge is 0.253 e. The van der Waals surface area contributed by atoms with E-state index in [0.717, 1.165) is 6.42 Å². The molecule has 2 fully saturated rings. The van der Waals surface area contributed by atoms with Crippen LogP contribution in [-0.2, 0) is 0 Å². The van der Waals surface area contributed by atoms with Crippen molar-refractivity contribution < 1.29 is 9.18 Å². The van der Waals surface area contributed by atoms with Crippen molar-refractivity contribution >= 4 is 5.91 Å². The third kappa shape index (κ3) is 2.98. The van der Waals surface area contributed by atoms with Crippen LogP contribution in [0.5, 0.6) is 0 Å². The number of rotatable bonds is 2. The lowest BCUT2D eigenvalue weighted by Crippen LogP contribution is -2.47. The van der Waals surface area contributed by atoms with Crippen molar-refractivity contribution in [2.75, 3.05) is 13.1 Å². The van der Waals surface area contributed by atoms with Crippen LogP contribution in [-0.4, -0.2) is 29.9 Å². The number of hydrazine groups is 1. The molecule has 3 unspecified atom stereocenters. The number of carbonyl (C=O) groups is 1. The summed E-state index contributed by atoms with van der Waals surface area (Å²) in [6.45, 7) is 1.24. The predicted molar refractivity (Wildman–Crippen MR) is 97.6 cm³/mol.